The zero-order valence-electron chi connectivity index (χ0n) is 8.66. The summed E-state index contributed by atoms with van der Waals surface area (Å²) in [4.78, 5) is 11.0. The van der Waals surface area contributed by atoms with Gasteiger partial charge >= 0.3 is 5.97 Å². The Morgan fingerprint density at radius 3 is 2.86 bits per heavy atom. The highest BCUT2D eigenvalue weighted by Crippen LogP contribution is 2.29. The third-order valence-electron chi connectivity index (χ3n) is 2.86. The van der Waals surface area contributed by atoms with Crippen molar-refractivity contribution in [1.29, 1.82) is 0 Å². The van der Waals surface area contributed by atoms with Crippen molar-refractivity contribution in [2.75, 3.05) is 6.61 Å². The van der Waals surface area contributed by atoms with Gasteiger partial charge in [0.25, 0.3) is 0 Å². The van der Waals surface area contributed by atoms with E-state index in [1.54, 1.807) is 6.92 Å². The molecule has 3 heteroatoms. The number of hydrogen-bond donors (Lipinski definition) is 1. The maximum absolute atomic E-state index is 11.0. The lowest BCUT2D eigenvalue weighted by atomic mass is 9.83. The monoisotopic (exact) mass is 198 g/mol. The van der Waals surface area contributed by atoms with E-state index < -0.39 is 11.4 Å². The van der Waals surface area contributed by atoms with Crippen molar-refractivity contribution in [3.63, 3.8) is 0 Å². The minimum Gasteiger partial charge on any atom is -0.481 e. The van der Waals surface area contributed by atoms with Crippen LogP contribution in [0.25, 0.3) is 0 Å². The van der Waals surface area contributed by atoms with E-state index in [1.807, 2.05) is 0 Å². The molecule has 0 bridgehead atoms. The Kier molecular flexibility index (Phi) is 3.69. The zero-order valence-corrected chi connectivity index (χ0v) is 8.66. The first kappa shape index (κ1) is 11.2. The number of carboxylic acid groups (broad SMARTS) is 1. The highest BCUT2D eigenvalue weighted by molar-refractivity contribution is 5.76. The van der Waals surface area contributed by atoms with Crippen LogP contribution in [0.4, 0.5) is 0 Å². The normalized spacial score (nSPS) is 26.5. The molecule has 0 saturated carbocycles. The first-order valence-electron chi connectivity index (χ1n) is 5.07. The van der Waals surface area contributed by atoms with E-state index in [0.717, 1.165) is 25.9 Å². The van der Waals surface area contributed by atoms with Crippen molar-refractivity contribution in [2.45, 2.75) is 38.7 Å². The predicted molar refractivity (Wildman–Crippen MR) is 54.1 cm³/mol. The van der Waals surface area contributed by atoms with Gasteiger partial charge in [0.05, 0.1) is 11.5 Å². The Hall–Kier alpha value is -0.830. The summed E-state index contributed by atoms with van der Waals surface area (Å²) >= 11 is 0. The fourth-order valence-corrected chi connectivity index (χ4v) is 1.70. The Morgan fingerprint density at radius 1 is 1.71 bits per heavy atom. The summed E-state index contributed by atoms with van der Waals surface area (Å²) in [5.41, 5.74) is -0.845. The number of ether oxygens (including phenoxy) is 1. The Balaban J connectivity index is 2.54. The molecule has 3 nitrogen and oxygen atoms in total. The molecule has 1 rings (SSSR count). The molecule has 0 radical (unpaired) electrons. The van der Waals surface area contributed by atoms with Crippen molar-refractivity contribution in [1.82, 2.24) is 0 Å². The summed E-state index contributed by atoms with van der Waals surface area (Å²) in [7, 11) is 0. The van der Waals surface area contributed by atoms with Crippen LogP contribution in [0.15, 0.2) is 12.7 Å². The zero-order chi connectivity index (χ0) is 10.6. The van der Waals surface area contributed by atoms with E-state index in [1.165, 1.54) is 6.08 Å². The van der Waals surface area contributed by atoms with Crippen molar-refractivity contribution in [2.24, 2.45) is 5.41 Å². The Labute approximate surface area is 84.8 Å². The number of rotatable bonds is 4. The van der Waals surface area contributed by atoms with E-state index in [-0.39, 0.29) is 6.10 Å². The lowest BCUT2D eigenvalue weighted by Crippen LogP contribution is -2.32. The van der Waals surface area contributed by atoms with E-state index in [2.05, 4.69) is 6.58 Å². The number of carbonyl (C=O) groups is 1. The fraction of sp³-hybridized carbons (Fsp3) is 0.727. The van der Waals surface area contributed by atoms with Gasteiger partial charge in [-0.05, 0) is 32.6 Å². The number of aliphatic carboxylic acids is 1. The van der Waals surface area contributed by atoms with Crippen LogP contribution in [0.3, 0.4) is 0 Å². The second-order valence-electron chi connectivity index (χ2n) is 4.12. The van der Waals surface area contributed by atoms with E-state index in [9.17, 15) is 4.79 Å². The second kappa shape index (κ2) is 4.60. The molecule has 1 heterocycles. The molecule has 1 aliphatic heterocycles. The minimum atomic E-state index is -0.845. The highest BCUT2D eigenvalue weighted by Gasteiger charge is 2.33. The Morgan fingerprint density at radius 2 is 2.43 bits per heavy atom. The molecular weight excluding hydrogens is 180 g/mol. The van der Waals surface area contributed by atoms with Gasteiger partial charge in [-0.15, -0.1) is 6.58 Å². The van der Waals surface area contributed by atoms with Crippen molar-refractivity contribution in [3.05, 3.63) is 12.7 Å². The summed E-state index contributed by atoms with van der Waals surface area (Å²) < 4.78 is 5.51. The lowest BCUT2D eigenvalue weighted by molar-refractivity contribution is -0.147. The second-order valence-corrected chi connectivity index (χ2v) is 4.12. The molecule has 0 spiro atoms. The van der Waals surface area contributed by atoms with Gasteiger partial charge < -0.3 is 9.84 Å². The smallest absolute Gasteiger partial charge is 0.313 e. The van der Waals surface area contributed by atoms with Crippen LogP contribution in [0.2, 0.25) is 0 Å². The van der Waals surface area contributed by atoms with Crippen LogP contribution in [0.5, 0.6) is 0 Å². The van der Waals surface area contributed by atoms with Crippen molar-refractivity contribution < 1.29 is 14.6 Å². The van der Waals surface area contributed by atoms with Gasteiger partial charge in [-0.25, -0.2) is 0 Å². The van der Waals surface area contributed by atoms with Crippen LogP contribution in [-0.2, 0) is 9.53 Å². The molecule has 0 aromatic carbocycles. The number of carboxylic acids is 1. The lowest BCUT2D eigenvalue weighted by Gasteiger charge is -2.29. The average molecular weight is 198 g/mol. The van der Waals surface area contributed by atoms with E-state index in [4.69, 9.17) is 9.84 Å². The molecule has 1 aliphatic rings. The molecule has 80 valence electrons. The first-order chi connectivity index (χ1) is 6.58. The van der Waals surface area contributed by atoms with Gasteiger partial charge in [-0.1, -0.05) is 6.08 Å². The predicted octanol–water partition coefficient (Wildman–Crippen LogP) is 2.22. The third kappa shape index (κ3) is 2.58. The fourth-order valence-electron chi connectivity index (χ4n) is 1.70. The SMILES string of the molecule is C=CC(C)(CC1CCCCO1)C(=O)O. The van der Waals surface area contributed by atoms with Crippen molar-refractivity contribution in [3.8, 4) is 0 Å². The standard InChI is InChI=1S/C11H18O3/c1-3-11(2,10(12)13)8-9-6-4-5-7-14-9/h3,9H,1,4-8H2,2H3,(H,12,13). The molecule has 1 fully saturated rings. The van der Waals surface area contributed by atoms with Gasteiger partial charge in [0, 0.05) is 6.61 Å². The van der Waals surface area contributed by atoms with Crippen LogP contribution in [0.1, 0.15) is 32.6 Å². The number of hydrogen-bond acceptors (Lipinski definition) is 2. The third-order valence-corrected chi connectivity index (χ3v) is 2.86. The van der Waals surface area contributed by atoms with Crippen LogP contribution in [0, 0.1) is 5.41 Å². The summed E-state index contributed by atoms with van der Waals surface area (Å²) in [6.45, 7) is 6.04. The summed E-state index contributed by atoms with van der Waals surface area (Å²) in [6, 6.07) is 0. The van der Waals surface area contributed by atoms with Crippen LogP contribution < -0.4 is 0 Å². The summed E-state index contributed by atoms with van der Waals surface area (Å²) in [5, 5.41) is 9.04. The molecule has 2 unspecified atom stereocenters. The molecule has 1 N–H and O–H groups in total. The van der Waals surface area contributed by atoms with Crippen molar-refractivity contribution >= 4 is 5.97 Å². The molecule has 2 atom stereocenters. The molecular formula is C11H18O3. The quantitative estimate of drug-likeness (QED) is 0.704. The minimum absolute atomic E-state index is 0.0860. The molecule has 0 aromatic heterocycles. The average Bonchev–Trinajstić information content (AvgIpc) is 2.19. The van der Waals surface area contributed by atoms with Gasteiger partial charge in [0.1, 0.15) is 0 Å². The van der Waals surface area contributed by atoms with Crippen LogP contribution >= 0.6 is 0 Å². The van der Waals surface area contributed by atoms with Gasteiger partial charge in [0.15, 0.2) is 0 Å². The maximum Gasteiger partial charge on any atom is 0.313 e. The highest BCUT2D eigenvalue weighted by atomic mass is 16.5. The molecule has 0 aromatic rings. The largest absolute Gasteiger partial charge is 0.481 e. The maximum atomic E-state index is 11.0. The molecule has 0 amide bonds. The summed E-state index contributed by atoms with van der Waals surface area (Å²) in [6.07, 6.45) is 5.32. The first-order valence-corrected chi connectivity index (χ1v) is 5.07. The van der Waals surface area contributed by atoms with E-state index >= 15 is 0 Å². The molecule has 14 heavy (non-hydrogen) atoms. The Bertz CT molecular complexity index is 219. The van der Waals surface area contributed by atoms with Crippen LogP contribution in [-0.4, -0.2) is 23.8 Å². The van der Waals surface area contributed by atoms with Gasteiger partial charge in [-0.2, -0.15) is 0 Å². The topological polar surface area (TPSA) is 46.5 Å². The van der Waals surface area contributed by atoms with E-state index in [0.29, 0.717) is 6.42 Å². The molecule has 1 saturated heterocycles. The van der Waals surface area contributed by atoms with Gasteiger partial charge in [-0.3, -0.25) is 4.79 Å². The molecule has 0 aliphatic carbocycles. The summed E-state index contributed by atoms with van der Waals surface area (Å²) in [5.74, 6) is -0.818. The van der Waals surface area contributed by atoms with Gasteiger partial charge in [0.2, 0.25) is 0 Å².